The van der Waals surface area contributed by atoms with Crippen molar-refractivity contribution in [2.75, 3.05) is 0 Å². The SMILES string of the molecule is NC(=O)C[C@H](NS(=O)(=O)c1sccc1Br)C(=O)O. The van der Waals surface area contributed by atoms with Crippen LogP contribution in [0.4, 0.5) is 0 Å². The number of carboxylic acid groups (broad SMARTS) is 1. The molecular formula is C8H9BrN2O5S2. The predicted octanol–water partition coefficient (Wildman–Crippen LogP) is 0.117. The van der Waals surface area contributed by atoms with Gasteiger partial charge in [0.15, 0.2) is 0 Å². The first-order valence-electron chi connectivity index (χ1n) is 4.50. The molecule has 0 saturated heterocycles. The molecule has 1 atom stereocenters. The van der Waals surface area contributed by atoms with Crippen LogP contribution in [0.25, 0.3) is 0 Å². The number of carboxylic acids is 1. The minimum Gasteiger partial charge on any atom is -0.480 e. The van der Waals surface area contributed by atoms with Crippen molar-refractivity contribution in [2.45, 2.75) is 16.7 Å². The Morgan fingerprint density at radius 1 is 1.56 bits per heavy atom. The van der Waals surface area contributed by atoms with Gasteiger partial charge in [-0.15, -0.1) is 11.3 Å². The van der Waals surface area contributed by atoms with Crippen LogP contribution in [0.2, 0.25) is 0 Å². The number of hydrogen-bond acceptors (Lipinski definition) is 5. The average Bonchev–Trinajstić information content (AvgIpc) is 2.62. The van der Waals surface area contributed by atoms with Crippen molar-refractivity contribution in [1.82, 2.24) is 4.72 Å². The fraction of sp³-hybridized carbons (Fsp3) is 0.250. The molecule has 0 bridgehead atoms. The number of nitrogens with two attached hydrogens (primary N) is 1. The Hall–Kier alpha value is -0.970. The molecule has 7 nitrogen and oxygen atoms in total. The molecule has 1 aromatic rings. The molecule has 0 aliphatic carbocycles. The minimum atomic E-state index is -4.00. The van der Waals surface area contributed by atoms with Gasteiger partial charge in [-0.25, -0.2) is 8.42 Å². The smallest absolute Gasteiger partial charge is 0.322 e. The normalized spacial score (nSPS) is 13.2. The topological polar surface area (TPSA) is 127 Å². The van der Waals surface area contributed by atoms with E-state index in [2.05, 4.69) is 15.9 Å². The number of carbonyl (C=O) groups excluding carboxylic acids is 1. The van der Waals surface area contributed by atoms with Gasteiger partial charge in [-0.1, -0.05) is 0 Å². The van der Waals surface area contributed by atoms with Gasteiger partial charge in [-0.3, -0.25) is 9.59 Å². The van der Waals surface area contributed by atoms with Gasteiger partial charge in [0.25, 0.3) is 10.0 Å². The number of sulfonamides is 1. The van der Waals surface area contributed by atoms with Crippen molar-refractivity contribution < 1.29 is 23.1 Å². The Labute approximate surface area is 115 Å². The summed E-state index contributed by atoms with van der Waals surface area (Å²) in [5, 5.41) is 10.3. The number of halogens is 1. The van der Waals surface area contributed by atoms with E-state index in [1.54, 1.807) is 0 Å². The molecule has 0 aromatic carbocycles. The summed E-state index contributed by atoms with van der Waals surface area (Å²) >= 11 is 3.95. The Bertz CT molecular complexity index is 568. The lowest BCUT2D eigenvalue weighted by atomic mass is 10.2. The molecule has 0 aliphatic heterocycles. The van der Waals surface area contributed by atoms with E-state index in [9.17, 15) is 18.0 Å². The second kappa shape index (κ2) is 5.78. The van der Waals surface area contributed by atoms with Crippen LogP contribution in [0.5, 0.6) is 0 Å². The Morgan fingerprint density at radius 3 is 2.56 bits per heavy atom. The third-order valence-electron chi connectivity index (χ3n) is 1.83. The highest BCUT2D eigenvalue weighted by Crippen LogP contribution is 2.27. The standard InChI is InChI=1S/C8H9BrN2O5S2/c9-4-1-2-17-8(4)18(15,16)11-5(7(13)14)3-6(10)12/h1-2,5,11H,3H2,(H2,10,12)(H,13,14)/t5-/m0/s1. The molecule has 4 N–H and O–H groups in total. The molecule has 0 saturated carbocycles. The van der Waals surface area contributed by atoms with Crippen LogP contribution in [-0.4, -0.2) is 31.4 Å². The quantitative estimate of drug-likeness (QED) is 0.666. The molecule has 1 rings (SSSR count). The number of nitrogens with one attached hydrogen (secondary N) is 1. The van der Waals surface area contributed by atoms with Crippen molar-refractivity contribution >= 4 is 49.2 Å². The number of hydrogen-bond donors (Lipinski definition) is 3. The van der Waals surface area contributed by atoms with E-state index in [-0.39, 0.29) is 4.21 Å². The molecule has 0 radical (unpaired) electrons. The molecule has 1 aromatic heterocycles. The number of thiophene rings is 1. The summed E-state index contributed by atoms with van der Waals surface area (Å²) in [5.41, 5.74) is 4.85. The molecule has 1 heterocycles. The van der Waals surface area contributed by atoms with Gasteiger partial charge in [0.1, 0.15) is 10.3 Å². The average molecular weight is 357 g/mol. The summed E-state index contributed by atoms with van der Waals surface area (Å²) in [6.45, 7) is 0. The number of primary amides is 1. The number of carbonyl (C=O) groups is 2. The molecule has 0 spiro atoms. The van der Waals surface area contributed by atoms with Crippen molar-refractivity contribution in [2.24, 2.45) is 5.73 Å². The van der Waals surface area contributed by atoms with E-state index in [0.29, 0.717) is 4.47 Å². The highest BCUT2D eigenvalue weighted by atomic mass is 79.9. The van der Waals surface area contributed by atoms with Crippen LogP contribution in [0.3, 0.4) is 0 Å². The maximum absolute atomic E-state index is 11.9. The van der Waals surface area contributed by atoms with E-state index in [0.717, 1.165) is 11.3 Å². The van der Waals surface area contributed by atoms with E-state index in [1.165, 1.54) is 11.4 Å². The van der Waals surface area contributed by atoms with Gasteiger partial charge in [0, 0.05) is 4.47 Å². The van der Waals surface area contributed by atoms with E-state index in [4.69, 9.17) is 10.8 Å². The number of rotatable bonds is 6. The first kappa shape index (κ1) is 15.1. The van der Waals surface area contributed by atoms with E-state index < -0.39 is 34.4 Å². The Morgan fingerprint density at radius 2 is 2.17 bits per heavy atom. The molecule has 10 heteroatoms. The van der Waals surface area contributed by atoms with Crippen LogP contribution in [0, 0.1) is 0 Å². The van der Waals surface area contributed by atoms with Crippen molar-refractivity contribution in [1.29, 1.82) is 0 Å². The zero-order chi connectivity index (χ0) is 13.9. The maximum Gasteiger partial charge on any atom is 0.322 e. The van der Waals surface area contributed by atoms with Crippen molar-refractivity contribution in [3.63, 3.8) is 0 Å². The lowest BCUT2D eigenvalue weighted by Crippen LogP contribution is -2.43. The molecule has 0 aliphatic rings. The molecular weight excluding hydrogens is 348 g/mol. The highest BCUT2D eigenvalue weighted by Gasteiger charge is 2.28. The van der Waals surface area contributed by atoms with Crippen LogP contribution in [0.1, 0.15) is 6.42 Å². The number of amides is 1. The summed E-state index contributed by atoms with van der Waals surface area (Å²) in [5.74, 6) is -2.37. The molecule has 1 amide bonds. The van der Waals surface area contributed by atoms with Gasteiger partial charge in [0.05, 0.1) is 6.42 Å². The van der Waals surface area contributed by atoms with Crippen LogP contribution in [0.15, 0.2) is 20.1 Å². The lowest BCUT2D eigenvalue weighted by Gasteiger charge is -2.12. The maximum atomic E-state index is 11.9. The van der Waals surface area contributed by atoms with Gasteiger partial charge in [0.2, 0.25) is 5.91 Å². The molecule has 0 unspecified atom stereocenters. The summed E-state index contributed by atoms with van der Waals surface area (Å²) in [7, 11) is -4.00. The third kappa shape index (κ3) is 3.77. The van der Waals surface area contributed by atoms with Gasteiger partial charge in [-0.2, -0.15) is 4.72 Å². The zero-order valence-corrected chi connectivity index (χ0v) is 12.0. The fourth-order valence-electron chi connectivity index (χ4n) is 1.09. The third-order valence-corrected chi connectivity index (χ3v) is 5.97. The van der Waals surface area contributed by atoms with E-state index >= 15 is 0 Å². The van der Waals surface area contributed by atoms with Gasteiger partial charge in [-0.05, 0) is 27.4 Å². The van der Waals surface area contributed by atoms with Gasteiger partial charge >= 0.3 is 5.97 Å². The summed E-state index contributed by atoms with van der Waals surface area (Å²) in [4.78, 5) is 21.5. The highest BCUT2D eigenvalue weighted by molar-refractivity contribution is 9.10. The summed E-state index contributed by atoms with van der Waals surface area (Å²) in [6.07, 6.45) is -0.614. The summed E-state index contributed by atoms with van der Waals surface area (Å²) < 4.78 is 25.9. The van der Waals surface area contributed by atoms with Crippen molar-refractivity contribution in [3.05, 3.63) is 15.9 Å². The second-order valence-corrected chi connectivity index (χ2v) is 6.92. The number of aliphatic carboxylic acids is 1. The molecule has 0 fully saturated rings. The monoisotopic (exact) mass is 356 g/mol. The Balaban J connectivity index is 2.97. The first-order valence-corrected chi connectivity index (χ1v) is 7.66. The zero-order valence-electron chi connectivity index (χ0n) is 8.79. The molecule has 100 valence electrons. The summed E-state index contributed by atoms with van der Waals surface area (Å²) in [6, 6.07) is -0.0650. The van der Waals surface area contributed by atoms with Crippen LogP contribution >= 0.6 is 27.3 Å². The molecule has 18 heavy (non-hydrogen) atoms. The van der Waals surface area contributed by atoms with Gasteiger partial charge < -0.3 is 10.8 Å². The van der Waals surface area contributed by atoms with E-state index in [1.807, 2.05) is 4.72 Å². The lowest BCUT2D eigenvalue weighted by molar-refractivity contribution is -0.140. The minimum absolute atomic E-state index is 0.0572. The first-order chi connectivity index (χ1) is 8.24. The fourth-order valence-corrected chi connectivity index (χ4v) is 4.64. The van der Waals surface area contributed by atoms with Crippen molar-refractivity contribution in [3.8, 4) is 0 Å². The van der Waals surface area contributed by atoms with Crippen LogP contribution in [-0.2, 0) is 19.6 Å². The Kier molecular flexibility index (Phi) is 4.85. The predicted molar refractivity (Wildman–Crippen MR) is 67.6 cm³/mol. The largest absolute Gasteiger partial charge is 0.480 e. The second-order valence-electron chi connectivity index (χ2n) is 3.24. The van der Waals surface area contributed by atoms with Crippen LogP contribution < -0.4 is 10.5 Å².